The van der Waals surface area contributed by atoms with Crippen LogP contribution in [0.25, 0.3) is 10.9 Å². The summed E-state index contributed by atoms with van der Waals surface area (Å²) in [7, 11) is 0. The molecule has 0 aliphatic carbocycles. The number of carbonyl (C=O) groups is 1. The van der Waals surface area contributed by atoms with Crippen LogP contribution < -0.4 is 10.3 Å². The van der Waals surface area contributed by atoms with Gasteiger partial charge < -0.3 is 24.7 Å². The standard InChI is InChI=1S/C25H29FN6O5S/c1-14(33)23-24(35)18-10-19(26)21(11-20(18)31-16(3)38-25(23)31)29-8-6-28(7-9-29)5-4-17(34)13-30-15(2)27-12-22(30)32(36)37/h10-12,16-17,34H,4-9,13H2,1-3H3. The number of aliphatic hydroxyl groups is 1. The van der Waals surface area contributed by atoms with Crippen molar-refractivity contribution in [3.8, 4) is 0 Å². The van der Waals surface area contributed by atoms with E-state index in [1.54, 1.807) is 13.0 Å². The molecule has 0 saturated carbocycles. The molecule has 11 nitrogen and oxygen atoms in total. The Morgan fingerprint density at radius 3 is 2.66 bits per heavy atom. The molecule has 2 unspecified atom stereocenters. The lowest BCUT2D eigenvalue weighted by atomic mass is 10.1. The van der Waals surface area contributed by atoms with E-state index in [4.69, 9.17) is 0 Å². The Morgan fingerprint density at radius 2 is 2.03 bits per heavy atom. The number of thioether (sulfide) groups is 1. The number of aromatic nitrogens is 3. The number of imidazole rings is 1. The smallest absolute Gasteiger partial charge is 0.342 e. The zero-order valence-corrected chi connectivity index (χ0v) is 22.2. The van der Waals surface area contributed by atoms with Gasteiger partial charge in [-0.3, -0.25) is 14.5 Å². The molecule has 1 fully saturated rings. The predicted molar refractivity (Wildman–Crippen MR) is 142 cm³/mol. The quantitative estimate of drug-likeness (QED) is 0.259. The van der Waals surface area contributed by atoms with Gasteiger partial charge in [-0.2, -0.15) is 0 Å². The predicted octanol–water partition coefficient (Wildman–Crippen LogP) is 2.95. The van der Waals surface area contributed by atoms with Crippen molar-refractivity contribution in [1.29, 1.82) is 0 Å². The highest BCUT2D eigenvalue weighted by Gasteiger charge is 2.32. The number of Topliss-reactive ketones (excluding diaryl/α,β-unsaturated/α-hetero) is 1. The van der Waals surface area contributed by atoms with Crippen molar-refractivity contribution in [2.45, 2.75) is 50.2 Å². The van der Waals surface area contributed by atoms with Crippen LogP contribution in [-0.2, 0) is 6.54 Å². The van der Waals surface area contributed by atoms with Gasteiger partial charge in [0.05, 0.1) is 33.3 Å². The Balaban J connectivity index is 1.26. The van der Waals surface area contributed by atoms with Gasteiger partial charge in [0, 0.05) is 45.0 Å². The highest BCUT2D eigenvalue weighted by atomic mass is 32.2. The normalized spacial score (nSPS) is 18.3. The number of anilines is 1. The van der Waals surface area contributed by atoms with Gasteiger partial charge in [0.25, 0.3) is 0 Å². The minimum Gasteiger partial charge on any atom is -0.389 e. The number of nitro groups is 1. The van der Waals surface area contributed by atoms with Crippen LogP contribution in [0.2, 0.25) is 0 Å². The summed E-state index contributed by atoms with van der Waals surface area (Å²) in [4.78, 5) is 43.8. The number of ketones is 1. The SMILES string of the molecule is CC(=O)c1c2n(c3cc(N4CCN(CCC(O)Cn5c([N+](=O)[O-])cnc5C)CC4)c(F)cc3c1=O)C(C)S2. The summed E-state index contributed by atoms with van der Waals surface area (Å²) in [5.74, 6) is -0.477. The highest BCUT2D eigenvalue weighted by molar-refractivity contribution is 8.00. The number of pyridine rings is 1. The van der Waals surface area contributed by atoms with Crippen LogP contribution in [0.3, 0.4) is 0 Å². The van der Waals surface area contributed by atoms with Crippen molar-refractivity contribution in [1.82, 2.24) is 19.0 Å². The Labute approximate surface area is 222 Å². The van der Waals surface area contributed by atoms with E-state index in [0.29, 0.717) is 61.2 Å². The van der Waals surface area contributed by atoms with Crippen LogP contribution in [0, 0.1) is 22.9 Å². The molecule has 0 radical (unpaired) electrons. The molecule has 2 aromatic heterocycles. The van der Waals surface area contributed by atoms with Gasteiger partial charge in [0.2, 0.25) is 5.43 Å². The number of nitrogens with zero attached hydrogens (tertiary/aromatic N) is 6. The number of aryl methyl sites for hydroxylation is 1. The highest BCUT2D eigenvalue weighted by Crippen LogP contribution is 2.46. The van der Waals surface area contributed by atoms with Crippen LogP contribution in [0.15, 0.2) is 28.2 Å². The molecule has 5 rings (SSSR count). The average molecular weight is 545 g/mol. The lowest BCUT2D eigenvalue weighted by Gasteiger charge is -2.37. The molecule has 202 valence electrons. The molecule has 1 aromatic carbocycles. The molecule has 0 bridgehead atoms. The minimum absolute atomic E-state index is 0.0420. The first-order valence-electron chi connectivity index (χ1n) is 12.5. The second kappa shape index (κ2) is 10.1. The molecule has 38 heavy (non-hydrogen) atoms. The van der Waals surface area contributed by atoms with E-state index < -0.39 is 22.3 Å². The molecule has 0 spiro atoms. The van der Waals surface area contributed by atoms with E-state index >= 15 is 4.39 Å². The summed E-state index contributed by atoms with van der Waals surface area (Å²) in [6, 6.07) is 2.97. The van der Waals surface area contributed by atoms with Crippen LogP contribution in [-0.4, -0.2) is 73.7 Å². The third-order valence-corrected chi connectivity index (χ3v) is 8.51. The van der Waals surface area contributed by atoms with Crippen LogP contribution in [0.4, 0.5) is 15.9 Å². The number of aliphatic hydroxyl groups excluding tert-OH is 1. The summed E-state index contributed by atoms with van der Waals surface area (Å²) in [6.07, 6.45) is 0.855. The second-order valence-corrected chi connectivity index (χ2v) is 11.1. The summed E-state index contributed by atoms with van der Waals surface area (Å²) >= 11 is 1.46. The van der Waals surface area contributed by atoms with E-state index in [0.717, 1.165) is 0 Å². The Hall–Kier alpha value is -3.29. The molecular weight excluding hydrogens is 515 g/mol. The maximum atomic E-state index is 15.2. The maximum Gasteiger partial charge on any atom is 0.342 e. The van der Waals surface area contributed by atoms with Gasteiger partial charge in [-0.25, -0.2) is 13.9 Å². The molecule has 0 amide bonds. The van der Waals surface area contributed by atoms with Gasteiger partial charge >= 0.3 is 5.82 Å². The molecule has 1 N–H and O–H groups in total. The fourth-order valence-electron chi connectivity index (χ4n) is 5.26. The zero-order chi connectivity index (χ0) is 27.3. The van der Waals surface area contributed by atoms with E-state index in [2.05, 4.69) is 9.88 Å². The fourth-order valence-corrected chi connectivity index (χ4v) is 6.47. The van der Waals surface area contributed by atoms with Gasteiger partial charge in [-0.05, 0) is 37.3 Å². The first kappa shape index (κ1) is 26.3. The van der Waals surface area contributed by atoms with Gasteiger partial charge in [-0.15, -0.1) is 0 Å². The third kappa shape index (κ3) is 4.58. The molecule has 13 heteroatoms. The number of benzene rings is 1. The molecule has 3 aromatic rings. The van der Waals surface area contributed by atoms with Crippen LogP contribution in [0.1, 0.15) is 41.8 Å². The summed E-state index contributed by atoms with van der Waals surface area (Å²) < 4.78 is 18.6. The van der Waals surface area contributed by atoms with Crippen molar-refractivity contribution in [3.05, 3.63) is 55.9 Å². The lowest BCUT2D eigenvalue weighted by molar-refractivity contribution is -0.392. The molecule has 1 saturated heterocycles. The van der Waals surface area contributed by atoms with Crippen molar-refractivity contribution in [2.24, 2.45) is 0 Å². The Morgan fingerprint density at radius 1 is 1.32 bits per heavy atom. The van der Waals surface area contributed by atoms with Gasteiger partial charge in [0.15, 0.2) is 11.6 Å². The van der Waals surface area contributed by atoms with E-state index in [-0.39, 0.29) is 34.5 Å². The largest absolute Gasteiger partial charge is 0.389 e. The number of hydrogen-bond acceptors (Lipinski definition) is 9. The first-order valence-corrected chi connectivity index (χ1v) is 13.4. The average Bonchev–Trinajstić information content (AvgIpc) is 3.22. The van der Waals surface area contributed by atoms with Crippen molar-refractivity contribution in [2.75, 3.05) is 37.6 Å². The molecule has 4 heterocycles. The number of fused-ring (bicyclic) bond motifs is 3. The zero-order valence-electron chi connectivity index (χ0n) is 21.4. The van der Waals surface area contributed by atoms with Crippen molar-refractivity contribution >= 4 is 40.0 Å². The van der Waals surface area contributed by atoms with E-state index in [1.807, 2.05) is 16.4 Å². The summed E-state index contributed by atoms with van der Waals surface area (Å²) in [5.41, 5.74) is 0.755. The van der Waals surface area contributed by atoms with Crippen molar-refractivity contribution in [3.63, 3.8) is 0 Å². The summed E-state index contributed by atoms with van der Waals surface area (Å²) in [5, 5.41) is 22.6. The minimum atomic E-state index is -0.770. The van der Waals surface area contributed by atoms with Crippen LogP contribution in [0.5, 0.6) is 0 Å². The first-order chi connectivity index (χ1) is 18.1. The monoisotopic (exact) mass is 544 g/mol. The summed E-state index contributed by atoms with van der Waals surface area (Å²) in [6.45, 7) is 8.14. The van der Waals surface area contributed by atoms with Crippen LogP contribution >= 0.6 is 11.8 Å². The Bertz CT molecular complexity index is 1500. The lowest BCUT2D eigenvalue weighted by Crippen LogP contribution is -2.47. The maximum absolute atomic E-state index is 15.2. The number of piperazine rings is 1. The van der Waals surface area contributed by atoms with E-state index in [9.17, 15) is 24.8 Å². The number of carbonyl (C=O) groups excluding carboxylic acids is 1. The van der Waals surface area contributed by atoms with E-state index in [1.165, 1.54) is 35.5 Å². The second-order valence-electron chi connectivity index (χ2n) is 9.78. The molecule has 2 aliphatic heterocycles. The Kier molecular flexibility index (Phi) is 7.01. The van der Waals surface area contributed by atoms with Gasteiger partial charge in [-0.1, -0.05) is 11.8 Å². The number of rotatable bonds is 8. The van der Waals surface area contributed by atoms with Crippen molar-refractivity contribution < 1.29 is 19.2 Å². The topological polar surface area (TPSA) is 127 Å². The molecular formula is C25H29FN6O5S. The molecule has 2 aliphatic rings. The molecule has 2 atom stereocenters. The number of hydrogen-bond donors (Lipinski definition) is 1. The fraction of sp³-hybridized carbons (Fsp3) is 0.480. The third-order valence-electron chi connectivity index (χ3n) is 7.33. The van der Waals surface area contributed by atoms with Gasteiger partial charge in [0.1, 0.15) is 18.6 Å². The number of halogens is 1.